The molecule has 1 amide bonds. The fourth-order valence-electron chi connectivity index (χ4n) is 3.70. The van der Waals surface area contributed by atoms with Gasteiger partial charge in [-0.2, -0.15) is 4.98 Å². The van der Waals surface area contributed by atoms with Crippen LogP contribution in [-0.4, -0.2) is 22.2 Å². The summed E-state index contributed by atoms with van der Waals surface area (Å²) < 4.78 is 11.0. The van der Waals surface area contributed by atoms with Gasteiger partial charge in [-0.05, 0) is 24.5 Å². The maximum Gasteiger partial charge on any atom is 0.262 e. The molecule has 1 aliphatic carbocycles. The number of aromatic nitrogens is 2. The van der Waals surface area contributed by atoms with E-state index in [1.54, 1.807) is 6.92 Å². The van der Waals surface area contributed by atoms with Gasteiger partial charge in [0.2, 0.25) is 5.89 Å². The molecule has 2 aliphatic rings. The number of para-hydroxylation sites is 1. The number of nitrogens with zero attached hydrogens (tertiary/aromatic N) is 2. The minimum absolute atomic E-state index is 0.101. The average Bonchev–Trinajstić information content (AvgIpc) is 3.22. The molecule has 1 aliphatic heterocycles. The summed E-state index contributed by atoms with van der Waals surface area (Å²) in [6.45, 7) is 1.77. The molecule has 1 aromatic heterocycles. The largest absolute Gasteiger partial charge is 0.480 e. The topological polar surface area (TPSA) is 77.2 Å². The third kappa shape index (κ3) is 2.66. The zero-order valence-corrected chi connectivity index (χ0v) is 13.7. The predicted octanol–water partition coefficient (Wildman–Crippen LogP) is 2.66. The Kier molecular flexibility index (Phi) is 3.75. The summed E-state index contributed by atoms with van der Waals surface area (Å²) in [4.78, 5) is 17.2. The van der Waals surface area contributed by atoms with Crippen LogP contribution in [0.3, 0.4) is 0 Å². The Morgan fingerprint density at radius 1 is 1.25 bits per heavy atom. The van der Waals surface area contributed by atoms with E-state index < -0.39 is 11.6 Å². The van der Waals surface area contributed by atoms with Crippen molar-refractivity contribution in [2.45, 2.75) is 57.1 Å². The molecule has 1 unspecified atom stereocenters. The van der Waals surface area contributed by atoms with Crippen LogP contribution in [0.5, 0.6) is 5.75 Å². The SMILES string of the molecule is Cc1nc(C2(NC(=O)C3Cc4ccccc4O3)CCCCC2)no1. The molecule has 1 atom stereocenters. The molecule has 126 valence electrons. The van der Waals surface area contributed by atoms with Gasteiger partial charge in [-0.15, -0.1) is 0 Å². The van der Waals surface area contributed by atoms with Crippen molar-refractivity contribution >= 4 is 5.91 Å². The van der Waals surface area contributed by atoms with Crippen LogP contribution < -0.4 is 10.1 Å². The van der Waals surface area contributed by atoms with Gasteiger partial charge in [-0.25, -0.2) is 0 Å². The highest BCUT2D eigenvalue weighted by atomic mass is 16.5. The molecule has 2 aromatic rings. The first-order valence-corrected chi connectivity index (χ1v) is 8.54. The molecular formula is C18H21N3O3. The lowest BCUT2D eigenvalue weighted by Gasteiger charge is -2.35. The molecule has 0 saturated heterocycles. The average molecular weight is 327 g/mol. The molecule has 24 heavy (non-hydrogen) atoms. The molecule has 6 heteroatoms. The Labute approximate surface area is 140 Å². The van der Waals surface area contributed by atoms with E-state index in [1.807, 2.05) is 24.3 Å². The number of carbonyl (C=O) groups is 1. The maximum atomic E-state index is 12.8. The summed E-state index contributed by atoms with van der Waals surface area (Å²) in [7, 11) is 0. The van der Waals surface area contributed by atoms with Gasteiger partial charge < -0.3 is 14.6 Å². The quantitative estimate of drug-likeness (QED) is 0.938. The van der Waals surface area contributed by atoms with E-state index in [2.05, 4.69) is 15.5 Å². The summed E-state index contributed by atoms with van der Waals surface area (Å²) in [5.74, 6) is 1.80. The number of hydrogen-bond acceptors (Lipinski definition) is 5. The number of rotatable bonds is 3. The van der Waals surface area contributed by atoms with Crippen molar-refractivity contribution in [1.29, 1.82) is 0 Å². The highest BCUT2D eigenvalue weighted by Crippen LogP contribution is 2.36. The van der Waals surface area contributed by atoms with Crippen molar-refractivity contribution in [3.63, 3.8) is 0 Å². The molecule has 1 aromatic carbocycles. The summed E-state index contributed by atoms with van der Waals surface area (Å²) in [5.41, 5.74) is 0.538. The zero-order chi connectivity index (χ0) is 16.6. The first-order chi connectivity index (χ1) is 11.7. The lowest BCUT2D eigenvalue weighted by atomic mass is 9.80. The number of ether oxygens (including phenoxy) is 1. The van der Waals surface area contributed by atoms with E-state index in [0.29, 0.717) is 18.1 Å². The Balaban J connectivity index is 1.54. The highest BCUT2D eigenvalue weighted by Gasteiger charge is 2.42. The van der Waals surface area contributed by atoms with Crippen LogP contribution in [0.15, 0.2) is 28.8 Å². The number of benzene rings is 1. The summed E-state index contributed by atoms with van der Waals surface area (Å²) in [6.07, 6.45) is 5.02. The van der Waals surface area contributed by atoms with Gasteiger partial charge >= 0.3 is 0 Å². The molecule has 2 heterocycles. The van der Waals surface area contributed by atoms with Crippen LogP contribution in [0.25, 0.3) is 0 Å². The van der Waals surface area contributed by atoms with Crippen LogP contribution in [0.4, 0.5) is 0 Å². The predicted molar refractivity (Wildman–Crippen MR) is 86.5 cm³/mol. The Morgan fingerprint density at radius 3 is 2.75 bits per heavy atom. The number of fused-ring (bicyclic) bond motifs is 1. The Hall–Kier alpha value is -2.37. The first kappa shape index (κ1) is 15.2. The fourth-order valence-corrected chi connectivity index (χ4v) is 3.70. The lowest BCUT2D eigenvalue weighted by Crippen LogP contribution is -2.52. The monoisotopic (exact) mass is 327 g/mol. The van der Waals surface area contributed by atoms with E-state index in [-0.39, 0.29) is 5.91 Å². The van der Waals surface area contributed by atoms with Crippen LogP contribution in [-0.2, 0) is 16.8 Å². The molecule has 0 spiro atoms. The molecule has 4 rings (SSSR count). The van der Waals surface area contributed by atoms with Crippen LogP contribution in [0, 0.1) is 6.92 Å². The molecular weight excluding hydrogens is 306 g/mol. The van der Waals surface area contributed by atoms with Gasteiger partial charge in [0.25, 0.3) is 5.91 Å². The second-order valence-electron chi connectivity index (χ2n) is 6.69. The smallest absolute Gasteiger partial charge is 0.262 e. The van der Waals surface area contributed by atoms with Crippen molar-refractivity contribution in [2.75, 3.05) is 0 Å². The van der Waals surface area contributed by atoms with Crippen molar-refractivity contribution < 1.29 is 14.1 Å². The van der Waals surface area contributed by atoms with Gasteiger partial charge in [0.1, 0.15) is 11.3 Å². The van der Waals surface area contributed by atoms with Crippen LogP contribution in [0.2, 0.25) is 0 Å². The van der Waals surface area contributed by atoms with E-state index in [0.717, 1.165) is 37.0 Å². The van der Waals surface area contributed by atoms with Crippen molar-refractivity contribution in [1.82, 2.24) is 15.5 Å². The maximum absolute atomic E-state index is 12.8. The van der Waals surface area contributed by atoms with Crippen molar-refractivity contribution in [3.8, 4) is 5.75 Å². The van der Waals surface area contributed by atoms with E-state index in [9.17, 15) is 4.79 Å². The minimum atomic E-state index is -0.536. The summed E-state index contributed by atoms with van der Waals surface area (Å²) in [6, 6.07) is 7.79. The molecule has 0 bridgehead atoms. The fraction of sp³-hybridized carbons (Fsp3) is 0.500. The van der Waals surface area contributed by atoms with Gasteiger partial charge in [0.15, 0.2) is 11.9 Å². The highest BCUT2D eigenvalue weighted by molar-refractivity contribution is 5.83. The first-order valence-electron chi connectivity index (χ1n) is 8.54. The van der Waals surface area contributed by atoms with Gasteiger partial charge in [-0.3, -0.25) is 4.79 Å². The van der Waals surface area contributed by atoms with Gasteiger partial charge in [0.05, 0.1) is 0 Å². The van der Waals surface area contributed by atoms with Crippen LogP contribution in [0.1, 0.15) is 49.4 Å². The molecule has 1 saturated carbocycles. The Morgan fingerprint density at radius 2 is 2.04 bits per heavy atom. The van der Waals surface area contributed by atoms with E-state index in [4.69, 9.17) is 9.26 Å². The van der Waals surface area contributed by atoms with E-state index in [1.165, 1.54) is 6.42 Å². The van der Waals surface area contributed by atoms with Crippen molar-refractivity contribution in [2.24, 2.45) is 0 Å². The number of nitrogens with one attached hydrogen (secondary N) is 1. The van der Waals surface area contributed by atoms with Gasteiger partial charge in [-0.1, -0.05) is 42.6 Å². The standard InChI is InChI=1S/C18H21N3O3/c1-12-19-17(21-24-12)18(9-5-2-6-10-18)20-16(22)15-11-13-7-3-4-8-14(13)23-15/h3-4,7-8,15H,2,5-6,9-11H2,1H3,(H,20,22). The number of aryl methyl sites for hydroxylation is 1. The lowest BCUT2D eigenvalue weighted by molar-refractivity contribution is -0.130. The number of amides is 1. The van der Waals surface area contributed by atoms with Gasteiger partial charge in [0, 0.05) is 13.3 Å². The second-order valence-corrected chi connectivity index (χ2v) is 6.69. The number of hydrogen-bond donors (Lipinski definition) is 1. The van der Waals surface area contributed by atoms with Crippen LogP contribution >= 0.6 is 0 Å². The zero-order valence-electron chi connectivity index (χ0n) is 13.7. The second kappa shape index (κ2) is 5.92. The third-order valence-electron chi connectivity index (χ3n) is 4.96. The number of carbonyl (C=O) groups excluding carboxylic acids is 1. The van der Waals surface area contributed by atoms with E-state index >= 15 is 0 Å². The summed E-state index contributed by atoms with van der Waals surface area (Å²) >= 11 is 0. The Bertz CT molecular complexity index is 724. The minimum Gasteiger partial charge on any atom is -0.480 e. The molecule has 0 radical (unpaired) electrons. The molecule has 6 nitrogen and oxygen atoms in total. The molecule has 1 fully saturated rings. The normalized spacial score (nSPS) is 21.8. The van der Waals surface area contributed by atoms with Crippen molar-refractivity contribution in [3.05, 3.63) is 41.5 Å². The third-order valence-corrected chi connectivity index (χ3v) is 4.96. The molecule has 1 N–H and O–H groups in total. The summed E-state index contributed by atoms with van der Waals surface area (Å²) in [5, 5.41) is 7.28.